The summed E-state index contributed by atoms with van der Waals surface area (Å²) in [5.74, 6) is 0.101. The van der Waals surface area contributed by atoms with Crippen LogP contribution in [0.5, 0.6) is 0 Å². The summed E-state index contributed by atoms with van der Waals surface area (Å²) >= 11 is 0. The van der Waals surface area contributed by atoms with E-state index >= 15 is 0 Å². The molecule has 0 radical (unpaired) electrons. The van der Waals surface area contributed by atoms with Crippen LogP contribution < -0.4 is 11.2 Å². The number of fused-ring (bicyclic) bond motifs is 2. The van der Waals surface area contributed by atoms with Crippen molar-refractivity contribution in [1.29, 1.82) is 0 Å². The van der Waals surface area contributed by atoms with Crippen LogP contribution in [0.3, 0.4) is 0 Å². The molecule has 5 rings (SSSR count). The Morgan fingerprint density at radius 3 is 2.38 bits per heavy atom. The van der Waals surface area contributed by atoms with Crippen LogP contribution in [0.2, 0.25) is 0 Å². The molecule has 0 saturated carbocycles. The van der Waals surface area contributed by atoms with E-state index in [1.165, 1.54) is 11.1 Å². The van der Waals surface area contributed by atoms with E-state index < -0.39 is 17.4 Å². The molecule has 3 aromatic rings. The van der Waals surface area contributed by atoms with E-state index in [1.54, 1.807) is 33.7 Å². The van der Waals surface area contributed by atoms with Gasteiger partial charge in [0.1, 0.15) is 0 Å². The molecule has 3 heterocycles. The monoisotopic (exact) mass is 462 g/mol. The Bertz CT molecular complexity index is 1330. The third-order valence-corrected chi connectivity index (χ3v) is 6.97. The second-order valence-corrected chi connectivity index (χ2v) is 9.26. The van der Waals surface area contributed by atoms with Gasteiger partial charge in [0.2, 0.25) is 5.91 Å². The molecule has 2 aliphatic rings. The van der Waals surface area contributed by atoms with E-state index in [2.05, 4.69) is 17.0 Å². The molecule has 34 heavy (non-hydrogen) atoms. The van der Waals surface area contributed by atoms with Crippen LogP contribution in [0.1, 0.15) is 24.0 Å². The van der Waals surface area contributed by atoms with E-state index in [0.29, 0.717) is 43.5 Å². The molecule has 1 amide bonds. The fraction of sp³-hybridized carbons (Fsp3) is 0.423. The number of benzene rings is 2. The predicted octanol–water partition coefficient (Wildman–Crippen LogP) is 1.20. The van der Waals surface area contributed by atoms with Gasteiger partial charge in [-0.2, -0.15) is 0 Å². The molecule has 8 heteroatoms. The second-order valence-electron chi connectivity index (χ2n) is 9.26. The molecule has 1 atom stereocenters. The van der Waals surface area contributed by atoms with Crippen molar-refractivity contribution in [3.05, 3.63) is 80.5 Å². The first-order chi connectivity index (χ1) is 16.5. The number of β-amino-alcohol motifs (C(OH)–C–C–N with tert-alkyl or cyclic N) is 1. The minimum Gasteiger partial charge on any atom is -0.390 e. The van der Waals surface area contributed by atoms with Crippen LogP contribution in [-0.2, 0) is 30.8 Å². The van der Waals surface area contributed by atoms with Crippen LogP contribution in [0.4, 0.5) is 0 Å². The zero-order valence-electron chi connectivity index (χ0n) is 19.2. The van der Waals surface area contributed by atoms with Crippen LogP contribution in [0.15, 0.2) is 58.1 Å². The molecule has 2 aliphatic heterocycles. The van der Waals surface area contributed by atoms with Gasteiger partial charge >= 0.3 is 5.69 Å². The largest absolute Gasteiger partial charge is 0.390 e. The zero-order chi connectivity index (χ0) is 23.7. The minimum atomic E-state index is -0.856. The van der Waals surface area contributed by atoms with Crippen molar-refractivity contribution < 1.29 is 9.90 Å². The van der Waals surface area contributed by atoms with Gasteiger partial charge in [-0.3, -0.25) is 23.6 Å². The summed E-state index contributed by atoms with van der Waals surface area (Å²) in [5, 5.41) is 11.3. The number of likely N-dealkylation sites (tertiary alicyclic amines) is 1. The highest BCUT2D eigenvalue weighted by atomic mass is 16.3. The van der Waals surface area contributed by atoms with Gasteiger partial charge in [0.25, 0.3) is 5.56 Å². The van der Waals surface area contributed by atoms with E-state index in [-0.39, 0.29) is 12.5 Å². The highest BCUT2D eigenvalue weighted by molar-refractivity contribution is 5.78. The van der Waals surface area contributed by atoms with Crippen molar-refractivity contribution >= 4 is 16.8 Å². The predicted molar refractivity (Wildman–Crippen MR) is 130 cm³/mol. The van der Waals surface area contributed by atoms with E-state index in [9.17, 15) is 19.5 Å². The molecule has 1 unspecified atom stereocenters. The number of rotatable bonds is 7. The maximum absolute atomic E-state index is 13.4. The smallest absolute Gasteiger partial charge is 0.331 e. The van der Waals surface area contributed by atoms with Crippen molar-refractivity contribution in [1.82, 2.24) is 18.9 Å². The Morgan fingerprint density at radius 1 is 0.824 bits per heavy atom. The lowest BCUT2D eigenvalue weighted by atomic mass is 10.00. The lowest BCUT2D eigenvalue weighted by molar-refractivity contribution is -0.127. The molecule has 0 spiro atoms. The third kappa shape index (κ3) is 4.43. The summed E-state index contributed by atoms with van der Waals surface area (Å²) in [7, 11) is 0. The number of aliphatic hydroxyl groups excluding tert-OH is 1. The van der Waals surface area contributed by atoms with E-state index in [0.717, 1.165) is 30.5 Å². The molecule has 8 nitrogen and oxygen atoms in total. The molecule has 1 saturated heterocycles. The molecule has 0 bridgehead atoms. The molecule has 0 aliphatic carbocycles. The molecule has 1 N–H and O–H groups in total. The van der Waals surface area contributed by atoms with Gasteiger partial charge in [-0.15, -0.1) is 0 Å². The quantitative estimate of drug-likeness (QED) is 0.570. The van der Waals surface area contributed by atoms with Gasteiger partial charge in [0.15, 0.2) is 0 Å². The van der Waals surface area contributed by atoms with Gasteiger partial charge < -0.3 is 10.0 Å². The van der Waals surface area contributed by atoms with E-state index in [4.69, 9.17) is 0 Å². The van der Waals surface area contributed by atoms with Gasteiger partial charge in [0, 0.05) is 45.7 Å². The average Bonchev–Trinajstić information content (AvgIpc) is 3.26. The van der Waals surface area contributed by atoms with E-state index in [1.807, 2.05) is 12.1 Å². The first-order valence-corrected chi connectivity index (χ1v) is 12.0. The van der Waals surface area contributed by atoms with Crippen molar-refractivity contribution in [3.8, 4) is 0 Å². The summed E-state index contributed by atoms with van der Waals surface area (Å²) in [6.45, 7) is 3.32. The summed E-state index contributed by atoms with van der Waals surface area (Å²) in [5.41, 5.74) is 2.30. The summed E-state index contributed by atoms with van der Waals surface area (Å²) < 4.78 is 2.71. The number of hydrogen-bond donors (Lipinski definition) is 1. The summed E-state index contributed by atoms with van der Waals surface area (Å²) in [6.07, 6.45) is 1.44. The first kappa shape index (κ1) is 22.6. The van der Waals surface area contributed by atoms with Crippen molar-refractivity contribution in [2.45, 2.75) is 45.0 Å². The highest BCUT2D eigenvalue weighted by Crippen LogP contribution is 2.18. The van der Waals surface area contributed by atoms with Gasteiger partial charge in [-0.25, -0.2) is 4.79 Å². The van der Waals surface area contributed by atoms with Crippen LogP contribution in [-0.4, -0.2) is 62.2 Å². The number of nitrogens with zero attached hydrogens (tertiary/aromatic N) is 4. The highest BCUT2D eigenvalue weighted by Gasteiger charge is 2.23. The Hall–Kier alpha value is -3.23. The number of amides is 1. The number of para-hydroxylation sites is 1. The van der Waals surface area contributed by atoms with Crippen LogP contribution >= 0.6 is 0 Å². The Balaban J connectivity index is 1.37. The van der Waals surface area contributed by atoms with Gasteiger partial charge in [-0.1, -0.05) is 36.4 Å². The molecule has 178 valence electrons. The molecular formula is C26H30N4O4. The molecular weight excluding hydrogens is 432 g/mol. The maximum atomic E-state index is 13.4. The Morgan fingerprint density at radius 2 is 1.59 bits per heavy atom. The lowest BCUT2D eigenvalue weighted by Crippen LogP contribution is -2.46. The maximum Gasteiger partial charge on any atom is 0.331 e. The van der Waals surface area contributed by atoms with Gasteiger partial charge in [0.05, 0.1) is 23.6 Å². The first-order valence-electron chi connectivity index (χ1n) is 12.0. The van der Waals surface area contributed by atoms with Crippen LogP contribution in [0, 0.1) is 0 Å². The standard InChI is InChI=1S/C26H30N4O4/c31-21(17-27-13-11-19-6-1-2-7-20(19)16-27)18-30-25(33)22-8-3-4-9-23(22)29(26(30)34)15-14-28-12-5-10-24(28)32/h1-4,6-9,21,31H,5,10-18H2. The molecule has 2 aromatic carbocycles. The fourth-order valence-corrected chi connectivity index (χ4v) is 5.19. The summed E-state index contributed by atoms with van der Waals surface area (Å²) in [6, 6.07) is 15.3. The molecule has 1 fully saturated rings. The summed E-state index contributed by atoms with van der Waals surface area (Å²) in [4.78, 5) is 42.5. The van der Waals surface area contributed by atoms with Crippen LogP contribution in [0.25, 0.3) is 10.9 Å². The number of aromatic nitrogens is 2. The second kappa shape index (κ2) is 9.56. The number of carbonyl (C=O) groups is 1. The lowest BCUT2D eigenvalue weighted by Gasteiger charge is -2.30. The SMILES string of the molecule is O=C1CCCN1CCn1c(=O)n(CC(O)CN2CCc3ccccc3C2)c(=O)c2ccccc21. The van der Waals surface area contributed by atoms with Crippen molar-refractivity contribution in [2.75, 3.05) is 26.2 Å². The number of hydrogen-bond acceptors (Lipinski definition) is 5. The fourth-order valence-electron chi connectivity index (χ4n) is 5.19. The Kier molecular flexibility index (Phi) is 6.34. The number of carbonyl (C=O) groups excluding carboxylic acids is 1. The molecule has 1 aromatic heterocycles. The van der Waals surface area contributed by atoms with Gasteiger partial charge in [-0.05, 0) is 36.1 Å². The third-order valence-electron chi connectivity index (χ3n) is 6.97. The minimum absolute atomic E-state index is 0.0662. The topological polar surface area (TPSA) is 87.8 Å². The zero-order valence-corrected chi connectivity index (χ0v) is 19.2. The normalized spacial score (nSPS) is 17.3. The Labute approximate surface area is 197 Å². The number of aliphatic hydroxyl groups is 1. The van der Waals surface area contributed by atoms with Crippen molar-refractivity contribution in [2.24, 2.45) is 0 Å². The average molecular weight is 463 g/mol. The van der Waals surface area contributed by atoms with Crippen molar-refractivity contribution in [3.63, 3.8) is 0 Å².